The van der Waals surface area contributed by atoms with Crippen molar-refractivity contribution in [3.05, 3.63) is 29.7 Å². The molecule has 20 heavy (non-hydrogen) atoms. The van der Waals surface area contributed by atoms with Crippen LogP contribution in [0.2, 0.25) is 0 Å². The second-order valence-electron chi connectivity index (χ2n) is 4.89. The van der Waals surface area contributed by atoms with Crippen LogP contribution in [0.15, 0.2) is 24.8 Å². The Bertz CT molecular complexity index is 728. The molecule has 0 amide bonds. The van der Waals surface area contributed by atoms with E-state index in [1.54, 1.807) is 34.9 Å². The summed E-state index contributed by atoms with van der Waals surface area (Å²) < 4.78 is 0. The lowest BCUT2D eigenvalue weighted by Gasteiger charge is -2.39. The molecule has 1 aliphatic heterocycles. The number of nitrogens with zero attached hydrogens (tertiary/aromatic N) is 6. The SMILES string of the molecule is CCc1cc2c(N3CC(n4nccn4)C3)ncnc2s1. The molecule has 0 spiro atoms. The third kappa shape index (κ3) is 1.77. The van der Waals surface area contributed by atoms with Gasteiger partial charge < -0.3 is 4.90 Å². The smallest absolute Gasteiger partial charge is 0.140 e. The topological polar surface area (TPSA) is 59.7 Å². The monoisotopic (exact) mass is 286 g/mol. The average molecular weight is 286 g/mol. The fourth-order valence-electron chi connectivity index (χ4n) is 2.51. The first-order chi connectivity index (χ1) is 9.85. The van der Waals surface area contributed by atoms with E-state index in [1.807, 2.05) is 0 Å². The fraction of sp³-hybridized carbons (Fsp3) is 0.385. The van der Waals surface area contributed by atoms with Gasteiger partial charge in [0, 0.05) is 18.0 Å². The first kappa shape index (κ1) is 11.8. The van der Waals surface area contributed by atoms with E-state index in [2.05, 4.69) is 38.1 Å². The van der Waals surface area contributed by atoms with Crippen LogP contribution >= 0.6 is 11.3 Å². The molecule has 3 aromatic rings. The van der Waals surface area contributed by atoms with Crippen molar-refractivity contribution in [2.75, 3.05) is 18.0 Å². The third-order valence-corrected chi connectivity index (χ3v) is 4.82. The largest absolute Gasteiger partial charge is 0.351 e. The van der Waals surface area contributed by atoms with Gasteiger partial charge in [0.05, 0.1) is 17.8 Å². The van der Waals surface area contributed by atoms with Crippen molar-refractivity contribution in [2.45, 2.75) is 19.4 Å². The van der Waals surface area contributed by atoms with Gasteiger partial charge in [0.25, 0.3) is 0 Å². The van der Waals surface area contributed by atoms with Gasteiger partial charge in [0.2, 0.25) is 0 Å². The number of hydrogen-bond donors (Lipinski definition) is 0. The molecule has 1 aliphatic rings. The van der Waals surface area contributed by atoms with Crippen molar-refractivity contribution >= 4 is 27.4 Å². The van der Waals surface area contributed by atoms with Gasteiger partial charge in [-0.05, 0) is 12.5 Å². The van der Waals surface area contributed by atoms with Crippen molar-refractivity contribution < 1.29 is 0 Å². The van der Waals surface area contributed by atoms with E-state index in [4.69, 9.17) is 0 Å². The van der Waals surface area contributed by atoms with E-state index in [1.165, 1.54) is 10.3 Å². The van der Waals surface area contributed by atoms with Crippen LogP contribution in [0.25, 0.3) is 10.2 Å². The summed E-state index contributed by atoms with van der Waals surface area (Å²) in [6, 6.07) is 2.56. The number of aromatic nitrogens is 5. The molecule has 1 saturated heterocycles. The number of aryl methyl sites for hydroxylation is 1. The Labute approximate surface area is 120 Å². The maximum atomic E-state index is 4.46. The average Bonchev–Trinajstić information content (AvgIpc) is 3.05. The Hall–Kier alpha value is -2.02. The summed E-state index contributed by atoms with van der Waals surface area (Å²) in [6.45, 7) is 3.97. The molecule has 102 valence electrons. The van der Waals surface area contributed by atoms with Crippen molar-refractivity contribution in [1.82, 2.24) is 25.0 Å². The second kappa shape index (κ2) is 4.52. The van der Waals surface area contributed by atoms with Crippen molar-refractivity contribution in [2.24, 2.45) is 0 Å². The highest BCUT2D eigenvalue weighted by Gasteiger charge is 2.31. The van der Waals surface area contributed by atoms with Gasteiger partial charge in [-0.25, -0.2) is 9.97 Å². The lowest BCUT2D eigenvalue weighted by molar-refractivity contribution is 0.331. The van der Waals surface area contributed by atoms with Crippen LogP contribution < -0.4 is 4.90 Å². The molecule has 1 fully saturated rings. The summed E-state index contributed by atoms with van der Waals surface area (Å²) in [5.41, 5.74) is 0. The van der Waals surface area contributed by atoms with Crippen LogP contribution in [-0.4, -0.2) is 38.1 Å². The minimum Gasteiger partial charge on any atom is -0.351 e. The summed E-state index contributed by atoms with van der Waals surface area (Å²) in [5, 5.41) is 9.56. The molecular formula is C13H14N6S. The fourth-order valence-corrected chi connectivity index (χ4v) is 3.44. The highest BCUT2D eigenvalue weighted by Crippen LogP contribution is 2.34. The number of anilines is 1. The lowest BCUT2D eigenvalue weighted by Crippen LogP contribution is -2.49. The standard InChI is InChI=1S/C13H14N6S/c1-2-10-5-11-12(14-8-15-13(11)20-10)18-6-9(7-18)19-16-3-4-17-19/h3-5,8-9H,2,6-7H2,1H3. The number of thiophene rings is 1. The molecular weight excluding hydrogens is 272 g/mol. The molecule has 4 rings (SSSR count). The van der Waals surface area contributed by atoms with Gasteiger partial charge in [-0.2, -0.15) is 15.0 Å². The molecule has 0 aliphatic carbocycles. The summed E-state index contributed by atoms with van der Waals surface area (Å²) in [4.78, 5) is 15.3. The summed E-state index contributed by atoms with van der Waals surface area (Å²) in [5.74, 6) is 1.04. The van der Waals surface area contributed by atoms with E-state index < -0.39 is 0 Å². The molecule has 0 aromatic carbocycles. The minimum absolute atomic E-state index is 0.347. The Morgan fingerprint density at radius 1 is 1.25 bits per heavy atom. The highest BCUT2D eigenvalue weighted by molar-refractivity contribution is 7.18. The predicted molar refractivity (Wildman–Crippen MR) is 78.1 cm³/mol. The molecule has 6 nitrogen and oxygen atoms in total. The quantitative estimate of drug-likeness (QED) is 0.736. The number of fused-ring (bicyclic) bond motifs is 1. The zero-order valence-electron chi connectivity index (χ0n) is 11.1. The van der Waals surface area contributed by atoms with Gasteiger partial charge >= 0.3 is 0 Å². The molecule has 3 aromatic heterocycles. The van der Waals surface area contributed by atoms with Crippen LogP contribution in [0.4, 0.5) is 5.82 Å². The molecule has 0 N–H and O–H groups in total. The Morgan fingerprint density at radius 2 is 2.05 bits per heavy atom. The van der Waals surface area contributed by atoms with Crippen LogP contribution in [0.1, 0.15) is 17.8 Å². The Morgan fingerprint density at radius 3 is 2.80 bits per heavy atom. The van der Waals surface area contributed by atoms with Gasteiger partial charge in [-0.15, -0.1) is 11.3 Å². The van der Waals surface area contributed by atoms with E-state index in [9.17, 15) is 0 Å². The normalized spacial score (nSPS) is 15.8. The van der Waals surface area contributed by atoms with Crippen molar-refractivity contribution in [3.63, 3.8) is 0 Å². The van der Waals surface area contributed by atoms with Gasteiger partial charge in [0.15, 0.2) is 0 Å². The molecule has 0 unspecified atom stereocenters. The number of hydrogen-bond acceptors (Lipinski definition) is 6. The summed E-state index contributed by atoms with van der Waals surface area (Å²) in [7, 11) is 0. The first-order valence-corrected chi connectivity index (χ1v) is 7.51. The zero-order chi connectivity index (χ0) is 13.5. The van der Waals surface area contributed by atoms with Gasteiger partial charge in [0.1, 0.15) is 23.0 Å². The van der Waals surface area contributed by atoms with E-state index in [0.717, 1.165) is 30.2 Å². The number of rotatable bonds is 3. The maximum Gasteiger partial charge on any atom is 0.140 e. The van der Waals surface area contributed by atoms with E-state index in [0.29, 0.717) is 6.04 Å². The second-order valence-corrected chi connectivity index (χ2v) is 6.01. The predicted octanol–water partition coefficient (Wildman–Crippen LogP) is 1.91. The molecule has 4 heterocycles. The molecule has 0 bridgehead atoms. The summed E-state index contributed by atoms with van der Waals surface area (Å²) >= 11 is 1.75. The Balaban J connectivity index is 1.62. The Kier molecular flexibility index (Phi) is 2.66. The van der Waals surface area contributed by atoms with Crippen LogP contribution in [-0.2, 0) is 6.42 Å². The van der Waals surface area contributed by atoms with Gasteiger partial charge in [-0.3, -0.25) is 0 Å². The molecule has 7 heteroatoms. The van der Waals surface area contributed by atoms with Crippen LogP contribution in [0, 0.1) is 0 Å². The van der Waals surface area contributed by atoms with Gasteiger partial charge in [-0.1, -0.05) is 6.92 Å². The highest BCUT2D eigenvalue weighted by atomic mass is 32.1. The zero-order valence-corrected chi connectivity index (χ0v) is 11.9. The third-order valence-electron chi connectivity index (χ3n) is 3.63. The first-order valence-electron chi connectivity index (χ1n) is 6.69. The van der Waals surface area contributed by atoms with Crippen molar-refractivity contribution in [3.8, 4) is 0 Å². The molecule has 0 atom stereocenters. The van der Waals surface area contributed by atoms with Crippen LogP contribution in [0.3, 0.4) is 0 Å². The minimum atomic E-state index is 0.347. The van der Waals surface area contributed by atoms with E-state index in [-0.39, 0.29) is 0 Å². The van der Waals surface area contributed by atoms with E-state index >= 15 is 0 Å². The summed E-state index contributed by atoms with van der Waals surface area (Å²) in [6.07, 6.45) is 6.14. The molecule has 0 saturated carbocycles. The van der Waals surface area contributed by atoms with Crippen LogP contribution in [0.5, 0.6) is 0 Å². The maximum absolute atomic E-state index is 4.46. The lowest BCUT2D eigenvalue weighted by atomic mass is 10.1. The van der Waals surface area contributed by atoms with Crippen molar-refractivity contribution in [1.29, 1.82) is 0 Å². The molecule has 0 radical (unpaired) electrons.